The van der Waals surface area contributed by atoms with Crippen LogP contribution < -0.4 is 10.2 Å². The zero-order chi connectivity index (χ0) is 19.2. The van der Waals surface area contributed by atoms with Crippen LogP contribution in [0.3, 0.4) is 0 Å². The maximum absolute atomic E-state index is 13.4. The molecule has 1 radical (unpaired) electrons. The van der Waals surface area contributed by atoms with Crippen molar-refractivity contribution < 1.29 is 4.39 Å². The van der Waals surface area contributed by atoms with E-state index >= 15 is 0 Å². The Bertz CT molecular complexity index is 907. The van der Waals surface area contributed by atoms with Gasteiger partial charge >= 0.3 is 0 Å². The van der Waals surface area contributed by atoms with Crippen LogP contribution in [0, 0.1) is 11.9 Å². The monoisotopic (exact) mass is 373 g/mol. The quantitative estimate of drug-likeness (QED) is 0.578. The number of nitrogens with zero attached hydrogens (tertiary/aromatic N) is 1. The number of rotatable bonds is 7. The molecule has 0 spiro atoms. The standard InChI is InChI=1S/C25H26FN2/c26-22-12-5-13-23(18-22)27-19-21-11-4-15-25-24(21)14-7-17-28(25)16-6-10-20-8-2-1-3-9-20/h1-5,8-9,11-13,15,27H,6-7,10,14,16-17,19H2. The van der Waals surface area contributed by atoms with Crippen molar-refractivity contribution in [3.05, 3.63) is 95.3 Å². The lowest BCUT2D eigenvalue weighted by Crippen LogP contribution is -2.31. The summed E-state index contributed by atoms with van der Waals surface area (Å²) < 4.78 is 13.4. The fraction of sp³-hybridized carbons (Fsp3) is 0.280. The molecule has 0 amide bonds. The molecule has 3 aromatic rings. The number of aryl methyl sites for hydroxylation is 1. The van der Waals surface area contributed by atoms with Crippen LogP contribution >= 0.6 is 0 Å². The van der Waals surface area contributed by atoms with Gasteiger partial charge in [-0.2, -0.15) is 0 Å². The minimum atomic E-state index is -0.329. The van der Waals surface area contributed by atoms with Crippen LogP contribution in [0.2, 0.25) is 0 Å². The highest BCUT2D eigenvalue weighted by Crippen LogP contribution is 2.30. The van der Waals surface area contributed by atoms with Gasteiger partial charge in [0.2, 0.25) is 0 Å². The first-order valence-electron chi connectivity index (χ1n) is 10.1. The maximum atomic E-state index is 13.4. The number of fused-ring (bicyclic) bond motifs is 1. The molecule has 4 rings (SSSR count). The van der Waals surface area contributed by atoms with Gasteiger partial charge in [0, 0.05) is 37.1 Å². The number of benzene rings is 3. The Morgan fingerprint density at radius 2 is 1.82 bits per heavy atom. The van der Waals surface area contributed by atoms with Crippen molar-refractivity contribution in [3.63, 3.8) is 0 Å². The second kappa shape index (κ2) is 8.92. The average molecular weight is 373 g/mol. The molecular weight excluding hydrogens is 347 g/mol. The summed E-state index contributed by atoms with van der Waals surface area (Å²) in [6.07, 6.45) is 4.56. The van der Waals surface area contributed by atoms with Crippen LogP contribution in [0.5, 0.6) is 0 Å². The van der Waals surface area contributed by atoms with Crippen molar-refractivity contribution in [2.45, 2.75) is 32.2 Å². The Kier molecular flexibility index (Phi) is 5.91. The molecule has 0 aliphatic carbocycles. The Balaban J connectivity index is 1.42. The van der Waals surface area contributed by atoms with E-state index in [0.29, 0.717) is 12.2 Å². The first kappa shape index (κ1) is 18.5. The molecule has 0 fully saturated rings. The molecular formula is C25H26FN2. The summed E-state index contributed by atoms with van der Waals surface area (Å²) in [7, 11) is 0. The topological polar surface area (TPSA) is 15.3 Å². The van der Waals surface area contributed by atoms with Crippen molar-refractivity contribution in [2.75, 3.05) is 23.3 Å². The zero-order valence-corrected chi connectivity index (χ0v) is 16.1. The van der Waals surface area contributed by atoms with Crippen molar-refractivity contribution >= 4 is 11.4 Å². The Labute approximate surface area is 167 Å². The van der Waals surface area contributed by atoms with Gasteiger partial charge < -0.3 is 10.2 Å². The molecule has 0 saturated heterocycles. The second-order valence-corrected chi connectivity index (χ2v) is 7.36. The molecule has 0 saturated carbocycles. The highest BCUT2D eigenvalue weighted by Gasteiger charge is 2.18. The van der Waals surface area contributed by atoms with Gasteiger partial charge in [-0.15, -0.1) is 0 Å². The second-order valence-electron chi connectivity index (χ2n) is 7.36. The van der Waals surface area contributed by atoms with Gasteiger partial charge in [0.25, 0.3) is 0 Å². The maximum Gasteiger partial charge on any atom is 0.133 e. The van der Waals surface area contributed by atoms with E-state index in [9.17, 15) is 4.39 Å². The highest BCUT2D eigenvalue weighted by atomic mass is 19.1. The molecule has 1 aliphatic rings. The van der Waals surface area contributed by atoms with Crippen molar-refractivity contribution in [1.29, 1.82) is 0 Å². The molecule has 1 heterocycles. The van der Waals surface area contributed by atoms with E-state index in [2.05, 4.69) is 64.8 Å². The highest BCUT2D eigenvalue weighted by molar-refractivity contribution is 5.59. The van der Waals surface area contributed by atoms with Crippen LogP contribution in [0.1, 0.15) is 29.5 Å². The van der Waals surface area contributed by atoms with Crippen LogP contribution in [-0.4, -0.2) is 13.1 Å². The molecule has 0 atom stereocenters. The minimum Gasteiger partial charge on any atom is -0.380 e. The van der Waals surface area contributed by atoms with Crippen LogP contribution in [-0.2, 0) is 19.4 Å². The Morgan fingerprint density at radius 1 is 0.964 bits per heavy atom. The third-order valence-corrected chi connectivity index (χ3v) is 5.41. The van der Waals surface area contributed by atoms with E-state index in [-0.39, 0.29) is 5.82 Å². The van der Waals surface area contributed by atoms with Gasteiger partial charge in [0.15, 0.2) is 0 Å². The number of hydrogen-bond donors (Lipinski definition) is 1. The summed E-state index contributed by atoms with van der Waals surface area (Å²) in [4.78, 5) is 2.53. The summed E-state index contributed by atoms with van der Waals surface area (Å²) in [5.74, 6) is -0.329. The zero-order valence-electron chi connectivity index (χ0n) is 16.1. The van der Waals surface area contributed by atoms with E-state index in [4.69, 9.17) is 0 Å². The molecule has 2 nitrogen and oxygen atoms in total. The lowest BCUT2D eigenvalue weighted by Gasteiger charge is -2.33. The van der Waals surface area contributed by atoms with Crippen molar-refractivity contribution in [3.8, 4) is 0 Å². The van der Waals surface area contributed by atoms with E-state index in [1.165, 1.54) is 34.9 Å². The molecule has 143 valence electrons. The predicted molar refractivity (Wildman–Crippen MR) is 114 cm³/mol. The third-order valence-electron chi connectivity index (χ3n) is 5.41. The molecule has 1 N–H and O–H groups in total. The number of anilines is 2. The largest absolute Gasteiger partial charge is 0.380 e. The fourth-order valence-corrected chi connectivity index (χ4v) is 4.02. The summed E-state index contributed by atoms with van der Waals surface area (Å²) in [5.41, 5.74) is 6.19. The van der Waals surface area contributed by atoms with Gasteiger partial charge in [-0.1, -0.05) is 48.5 Å². The summed E-state index contributed by atoms with van der Waals surface area (Å²) >= 11 is 0. The van der Waals surface area contributed by atoms with Crippen molar-refractivity contribution in [1.82, 2.24) is 0 Å². The van der Waals surface area contributed by atoms with Crippen LogP contribution in [0.25, 0.3) is 0 Å². The number of nitrogens with one attached hydrogen (secondary N) is 1. The van der Waals surface area contributed by atoms with E-state index < -0.39 is 0 Å². The first-order valence-corrected chi connectivity index (χ1v) is 10.1. The third kappa shape index (κ3) is 4.53. The van der Waals surface area contributed by atoms with E-state index in [1.54, 1.807) is 6.07 Å². The Morgan fingerprint density at radius 3 is 2.68 bits per heavy atom. The molecule has 0 bridgehead atoms. The normalized spacial score (nSPS) is 13.2. The van der Waals surface area contributed by atoms with E-state index in [1.807, 2.05) is 6.07 Å². The summed E-state index contributed by atoms with van der Waals surface area (Å²) in [6, 6.07) is 25.0. The van der Waals surface area contributed by atoms with Crippen LogP contribution in [0.4, 0.5) is 15.8 Å². The number of halogens is 1. The Hall–Kier alpha value is -2.81. The molecule has 3 aromatic carbocycles. The summed E-state index contributed by atoms with van der Waals surface area (Å²) in [6.45, 7) is 2.90. The molecule has 28 heavy (non-hydrogen) atoms. The first-order chi connectivity index (χ1) is 13.8. The summed E-state index contributed by atoms with van der Waals surface area (Å²) in [5, 5.41) is 3.32. The molecule has 1 aliphatic heterocycles. The molecule has 0 unspecified atom stereocenters. The lowest BCUT2D eigenvalue weighted by molar-refractivity contribution is 0.626. The fourth-order valence-electron chi connectivity index (χ4n) is 4.02. The van der Waals surface area contributed by atoms with Gasteiger partial charge in [0.05, 0.1) is 0 Å². The number of hydrogen-bond acceptors (Lipinski definition) is 2. The van der Waals surface area contributed by atoms with Crippen molar-refractivity contribution in [2.24, 2.45) is 0 Å². The van der Waals surface area contributed by atoms with Gasteiger partial charge in [-0.3, -0.25) is 0 Å². The van der Waals surface area contributed by atoms with Gasteiger partial charge in [0.1, 0.15) is 5.82 Å². The predicted octanol–water partition coefficient (Wildman–Crippen LogP) is 5.62. The van der Waals surface area contributed by atoms with Gasteiger partial charge in [-0.25, -0.2) is 4.39 Å². The molecule has 0 aromatic heterocycles. The minimum absolute atomic E-state index is 0.329. The lowest BCUT2D eigenvalue weighted by atomic mass is 9.95. The smallest absolute Gasteiger partial charge is 0.133 e. The SMILES string of the molecule is Fc1[c]c(NCc2cccc3c2CCCN3CCCc2ccccc2)ccc1. The average Bonchev–Trinajstić information content (AvgIpc) is 2.73. The van der Waals surface area contributed by atoms with Gasteiger partial charge in [-0.05, 0) is 60.6 Å². The van der Waals surface area contributed by atoms with Crippen LogP contribution in [0.15, 0.2) is 66.7 Å². The molecule has 3 heteroatoms. The van der Waals surface area contributed by atoms with E-state index in [0.717, 1.165) is 32.4 Å².